The summed E-state index contributed by atoms with van der Waals surface area (Å²) in [5.41, 5.74) is 0.304. The third kappa shape index (κ3) is 3.19. The van der Waals surface area contributed by atoms with E-state index in [1.165, 1.54) is 18.2 Å². The molecule has 0 saturated carbocycles. The highest BCUT2D eigenvalue weighted by Gasteiger charge is 2.54. The second kappa shape index (κ2) is 7.91. The van der Waals surface area contributed by atoms with E-state index >= 15 is 4.39 Å². The van der Waals surface area contributed by atoms with Crippen LogP contribution in [-0.4, -0.2) is 15.0 Å². The molecule has 0 amide bonds. The van der Waals surface area contributed by atoms with Crippen LogP contribution in [0.1, 0.15) is 11.5 Å². The van der Waals surface area contributed by atoms with Crippen LogP contribution in [0.15, 0.2) is 97.8 Å². The maximum Gasteiger partial charge on any atom is 0.244 e. The topological polar surface area (TPSA) is 38.7 Å². The summed E-state index contributed by atoms with van der Waals surface area (Å²) in [5.74, 6) is -1.91. The van der Waals surface area contributed by atoms with E-state index in [9.17, 15) is 4.39 Å². The number of nitrogens with zero attached hydrogens (tertiary/aromatic N) is 3. The minimum Gasteiger partial charge on any atom is -0.264 e. The van der Waals surface area contributed by atoms with E-state index in [1.807, 2.05) is 36.4 Å². The lowest BCUT2D eigenvalue weighted by atomic mass is 10.2. The molecule has 0 aliphatic heterocycles. The summed E-state index contributed by atoms with van der Waals surface area (Å²) in [5, 5.41) is 2.45. The van der Waals surface area contributed by atoms with Crippen molar-refractivity contribution < 1.29 is 8.78 Å². The van der Waals surface area contributed by atoms with E-state index in [1.54, 1.807) is 43.2 Å². The van der Waals surface area contributed by atoms with Gasteiger partial charge in [-0.3, -0.25) is 15.0 Å². The van der Waals surface area contributed by atoms with E-state index < -0.39 is 19.0 Å². The van der Waals surface area contributed by atoms with Crippen LogP contribution in [0, 0.1) is 5.82 Å². The maximum atomic E-state index is 16.5. The molecule has 1 atom stereocenters. The van der Waals surface area contributed by atoms with Crippen LogP contribution >= 0.6 is 7.26 Å². The molecule has 0 spiro atoms. The van der Waals surface area contributed by atoms with Gasteiger partial charge in [-0.25, -0.2) is 4.39 Å². The third-order valence-corrected chi connectivity index (χ3v) is 8.99. The zero-order chi connectivity index (χ0) is 19.4. The van der Waals surface area contributed by atoms with E-state index in [-0.39, 0.29) is 0 Å². The summed E-state index contributed by atoms with van der Waals surface area (Å²) >= 11 is 0. The molecule has 0 aliphatic carbocycles. The molecule has 0 radical (unpaired) electrons. The SMILES string of the molecule is Fc1cccc(C(F)[P+](c2ccncc2)(c2ccncc2)c2ccncc2)c1. The van der Waals surface area contributed by atoms with Crippen molar-refractivity contribution in [3.63, 3.8) is 0 Å². The molecular weight excluding hydrogens is 375 g/mol. The summed E-state index contributed by atoms with van der Waals surface area (Å²) < 4.78 is 30.5. The van der Waals surface area contributed by atoms with Crippen molar-refractivity contribution in [2.75, 3.05) is 0 Å². The first-order chi connectivity index (χ1) is 13.7. The second-order valence-corrected chi connectivity index (χ2v) is 9.68. The zero-order valence-corrected chi connectivity index (χ0v) is 15.8. The van der Waals surface area contributed by atoms with Crippen LogP contribution in [0.2, 0.25) is 0 Å². The fraction of sp³-hybridized carbons (Fsp3) is 0.0455. The van der Waals surface area contributed by atoms with Crippen molar-refractivity contribution in [1.29, 1.82) is 0 Å². The van der Waals surface area contributed by atoms with Crippen LogP contribution in [0.25, 0.3) is 0 Å². The lowest BCUT2D eigenvalue weighted by Crippen LogP contribution is -2.34. The molecule has 0 aliphatic rings. The van der Waals surface area contributed by atoms with Crippen molar-refractivity contribution in [2.45, 2.75) is 5.91 Å². The van der Waals surface area contributed by atoms with Crippen molar-refractivity contribution in [3.8, 4) is 0 Å². The van der Waals surface area contributed by atoms with Crippen molar-refractivity contribution in [1.82, 2.24) is 15.0 Å². The molecule has 4 aromatic rings. The zero-order valence-electron chi connectivity index (χ0n) is 14.9. The molecule has 138 valence electrons. The standard InChI is InChI=1S/C22H17F2N3P/c23-18-3-1-2-17(16-18)22(24)28(19-4-10-25-11-5-19,20-6-12-26-13-7-20)21-8-14-27-15-9-21/h1-16,22H/q+1. The number of pyridine rings is 3. The Morgan fingerprint density at radius 1 is 0.643 bits per heavy atom. The number of benzene rings is 1. The summed E-state index contributed by atoms with van der Waals surface area (Å²) in [6.45, 7) is 0. The Kier molecular flexibility index (Phi) is 5.18. The molecule has 3 heterocycles. The Morgan fingerprint density at radius 3 is 1.46 bits per heavy atom. The first-order valence-electron chi connectivity index (χ1n) is 8.73. The van der Waals surface area contributed by atoms with Crippen molar-refractivity contribution in [3.05, 3.63) is 109 Å². The summed E-state index contributed by atoms with van der Waals surface area (Å²) in [7, 11) is -2.84. The highest BCUT2D eigenvalue weighted by molar-refractivity contribution is 7.95. The van der Waals surface area contributed by atoms with E-state index in [2.05, 4.69) is 15.0 Å². The lowest BCUT2D eigenvalue weighted by molar-refractivity contribution is 0.459. The summed E-state index contributed by atoms with van der Waals surface area (Å²) in [4.78, 5) is 12.3. The number of alkyl halides is 1. The Labute approximate surface area is 162 Å². The summed E-state index contributed by atoms with van der Waals surface area (Å²) in [6, 6.07) is 16.8. The third-order valence-electron chi connectivity index (χ3n) is 4.67. The van der Waals surface area contributed by atoms with Crippen LogP contribution in [0.4, 0.5) is 8.78 Å². The van der Waals surface area contributed by atoms with Crippen molar-refractivity contribution in [2.24, 2.45) is 0 Å². The van der Waals surface area contributed by atoms with Gasteiger partial charge in [0.15, 0.2) is 7.26 Å². The summed E-state index contributed by atoms with van der Waals surface area (Å²) in [6.07, 6.45) is 9.94. The first-order valence-corrected chi connectivity index (χ1v) is 10.6. The van der Waals surface area contributed by atoms with E-state index in [0.29, 0.717) is 5.56 Å². The van der Waals surface area contributed by atoms with Crippen LogP contribution < -0.4 is 15.9 Å². The smallest absolute Gasteiger partial charge is 0.244 e. The fourth-order valence-corrected chi connectivity index (χ4v) is 7.55. The molecule has 6 heteroatoms. The van der Waals surface area contributed by atoms with Gasteiger partial charge in [-0.05, 0) is 48.5 Å². The molecule has 3 aromatic heterocycles. The predicted octanol–water partition coefficient (Wildman–Crippen LogP) is 3.97. The molecule has 1 aromatic carbocycles. The minimum absolute atomic E-state index is 0.304. The highest BCUT2D eigenvalue weighted by Crippen LogP contribution is 2.67. The largest absolute Gasteiger partial charge is 0.264 e. The molecule has 28 heavy (non-hydrogen) atoms. The van der Waals surface area contributed by atoms with E-state index in [0.717, 1.165) is 15.9 Å². The molecule has 0 bridgehead atoms. The Hall–Kier alpha value is -3.04. The predicted molar refractivity (Wildman–Crippen MR) is 109 cm³/mol. The number of rotatable bonds is 5. The Bertz CT molecular complexity index is 950. The molecule has 0 saturated heterocycles. The quantitative estimate of drug-likeness (QED) is 0.483. The number of hydrogen-bond acceptors (Lipinski definition) is 3. The van der Waals surface area contributed by atoms with E-state index in [4.69, 9.17) is 0 Å². The van der Waals surface area contributed by atoms with Gasteiger partial charge in [0.1, 0.15) is 21.7 Å². The van der Waals surface area contributed by atoms with Gasteiger partial charge >= 0.3 is 0 Å². The van der Waals surface area contributed by atoms with Gasteiger partial charge in [-0.15, -0.1) is 0 Å². The monoisotopic (exact) mass is 392 g/mol. The molecular formula is C22H17F2N3P+. The minimum atomic E-state index is -2.84. The van der Waals surface area contributed by atoms with Gasteiger partial charge in [0.05, 0.1) is 0 Å². The molecule has 1 unspecified atom stereocenters. The normalized spacial score (nSPS) is 12.5. The van der Waals surface area contributed by atoms with Crippen LogP contribution in [0.5, 0.6) is 0 Å². The van der Waals surface area contributed by atoms with Crippen LogP contribution in [0.3, 0.4) is 0 Å². The van der Waals surface area contributed by atoms with Gasteiger partial charge in [0, 0.05) is 42.7 Å². The van der Waals surface area contributed by atoms with Gasteiger partial charge in [-0.1, -0.05) is 12.1 Å². The number of hydrogen-bond donors (Lipinski definition) is 0. The number of aromatic nitrogens is 3. The second-order valence-electron chi connectivity index (χ2n) is 6.23. The fourth-order valence-electron chi connectivity index (χ4n) is 3.46. The number of halogens is 2. The molecule has 3 nitrogen and oxygen atoms in total. The molecule has 0 N–H and O–H groups in total. The van der Waals surface area contributed by atoms with Gasteiger partial charge in [0.2, 0.25) is 5.91 Å². The van der Waals surface area contributed by atoms with Crippen molar-refractivity contribution >= 4 is 23.2 Å². The maximum absolute atomic E-state index is 16.5. The first kappa shape index (κ1) is 18.3. The van der Waals surface area contributed by atoms with Crippen LogP contribution in [-0.2, 0) is 0 Å². The lowest BCUT2D eigenvalue weighted by Gasteiger charge is -2.30. The van der Waals surface area contributed by atoms with Gasteiger partial charge in [-0.2, -0.15) is 4.39 Å². The molecule has 0 fully saturated rings. The van der Waals surface area contributed by atoms with Gasteiger partial charge < -0.3 is 0 Å². The average molecular weight is 392 g/mol. The Morgan fingerprint density at radius 2 is 1.07 bits per heavy atom. The Balaban J connectivity index is 2.07. The van der Waals surface area contributed by atoms with Gasteiger partial charge in [0.25, 0.3) is 0 Å². The highest BCUT2D eigenvalue weighted by atomic mass is 31.2. The average Bonchev–Trinajstić information content (AvgIpc) is 2.76. The molecule has 4 rings (SSSR count).